The molecule has 3 rings (SSSR count). The Balaban J connectivity index is 1.94. The second kappa shape index (κ2) is 5.65. The zero-order valence-electron chi connectivity index (χ0n) is 11.1. The van der Waals surface area contributed by atoms with E-state index in [4.69, 9.17) is 11.6 Å². The number of nitro groups is 1. The molecular weight excluding hydrogens is 292 g/mol. The van der Waals surface area contributed by atoms with Gasteiger partial charge in [-0.25, -0.2) is 4.98 Å². The molecular formula is C14H13ClN4O2. The summed E-state index contributed by atoms with van der Waals surface area (Å²) in [5, 5.41) is 11.1. The zero-order chi connectivity index (χ0) is 14.8. The van der Waals surface area contributed by atoms with Gasteiger partial charge in [0.25, 0.3) is 5.69 Å². The smallest absolute Gasteiger partial charge is 0.289 e. The van der Waals surface area contributed by atoms with Crippen LogP contribution in [0.2, 0.25) is 5.02 Å². The zero-order valence-corrected chi connectivity index (χ0v) is 11.9. The molecule has 0 radical (unpaired) electrons. The fourth-order valence-electron chi connectivity index (χ4n) is 2.68. The first-order valence-corrected chi connectivity index (χ1v) is 7.01. The molecule has 0 amide bonds. The molecule has 6 nitrogen and oxygen atoms in total. The molecule has 1 saturated heterocycles. The van der Waals surface area contributed by atoms with Crippen molar-refractivity contribution in [2.45, 2.75) is 18.9 Å². The lowest BCUT2D eigenvalue weighted by Crippen LogP contribution is -2.23. The van der Waals surface area contributed by atoms with Crippen LogP contribution in [0.3, 0.4) is 0 Å². The number of rotatable bonds is 3. The highest BCUT2D eigenvalue weighted by Gasteiger charge is 2.29. The number of hydrogen-bond donors (Lipinski definition) is 0. The number of aromatic nitrogens is 2. The molecule has 2 aromatic heterocycles. The molecule has 0 saturated carbocycles. The molecule has 0 spiro atoms. The summed E-state index contributed by atoms with van der Waals surface area (Å²) >= 11 is 6.19. The van der Waals surface area contributed by atoms with E-state index in [9.17, 15) is 10.1 Å². The van der Waals surface area contributed by atoms with Gasteiger partial charge in [0, 0.05) is 25.0 Å². The van der Waals surface area contributed by atoms with E-state index in [1.807, 2.05) is 12.1 Å². The molecule has 0 N–H and O–H groups in total. The molecule has 7 heteroatoms. The summed E-state index contributed by atoms with van der Waals surface area (Å²) in [6.45, 7) is 0.831. The first-order valence-electron chi connectivity index (χ1n) is 6.63. The third-order valence-electron chi connectivity index (χ3n) is 3.63. The summed E-state index contributed by atoms with van der Waals surface area (Å²) in [5.41, 5.74) is 1.06. The summed E-state index contributed by atoms with van der Waals surface area (Å²) in [5.74, 6) is 0.599. The van der Waals surface area contributed by atoms with E-state index in [1.54, 1.807) is 12.4 Å². The third-order valence-corrected chi connectivity index (χ3v) is 3.91. The molecule has 108 valence electrons. The minimum atomic E-state index is -0.493. The van der Waals surface area contributed by atoms with Crippen molar-refractivity contribution < 1.29 is 4.92 Å². The lowest BCUT2D eigenvalue weighted by Gasteiger charge is -2.26. The van der Waals surface area contributed by atoms with Crippen LogP contribution in [0.25, 0.3) is 0 Å². The van der Waals surface area contributed by atoms with Crippen LogP contribution in [0.5, 0.6) is 0 Å². The maximum absolute atomic E-state index is 10.8. The highest BCUT2D eigenvalue weighted by atomic mass is 35.5. The number of nitrogens with zero attached hydrogens (tertiary/aromatic N) is 4. The summed E-state index contributed by atoms with van der Waals surface area (Å²) in [6, 6.07) is 5.48. The predicted molar refractivity (Wildman–Crippen MR) is 79.5 cm³/mol. The van der Waals surface area contributed by atoms with Crippen molar-refractivity contribution in [3.8, 4) is 0 Å². The van der Waals surface area contributed by atoms with Gasteiger partial charge in [0.05, 0.1) is 16.0 Å². The van der Waals surface area contributed by atoms with Crippen LogP contribution in [0.15, 0.2) is 36.8 Å². The highest BCUT2D eigenvalue weighted by molar-refractivity contribution is 6.33. The van der Waals surface area contributed by atoms with Gasteiger partial charge in [-0.15, -0.1) is 0 Å². The minimum absolute atomic E-state index is 0.0941. The average Bonchev–Trinajstić information content (AvgIpc) is 2.97. The number of hydrogen-bond acceptors (Lipinski definition) is 5. The summed E-state index contributed by atoms with van der Waals surface area (Å²) in [4.78, 5) is 20.6. The van der Waals surface area contributed by atoms with Gasteiger partial charge >= 0.3 is 0 Å². The second-order valence-corrected chi connectivity index (χ2v) is 5.30. The van der Waals surface area contributed by atoms with Gasteiger partial charge in [0.2, 0.25) is 0 Å². The Morgan fingerprint density at radius 2 is 2.14 bits per heavy atom. The Bertz CT molecular complexity index is 665. The average molecular weight is 305 g/mol. The Morgan fingerprint density at radius 1 is 1.38 bits per heavy atom. The van der Waals surface area contributed by atoms with Gasteiger partial charge in [-0.1, -0.05) is 11.6 Å². The van der Waals surface area contributed by atoms with Crippen LogP contribution < -0.4 is 4.90 Å². The van der Waals surface area contributed by atoms with Crippen LogP contribution >= 0.6 is 11.6 Å². The molecule has 1 fully saturated rings. The SMILES string of the molecule is O=[N+]([O-])c1cnc(N2CCC[C@H]2c2ccncc2)c(Cl)c1. The van der Waals surface area contributed by atoms with E-state index in [0.717, 1.165) is 24.9 Å². The second-order valence-electron chi connectivity index (χ2n) is 4.89. The lowest BCUT2D eigenvalue weighted by molar-refractivity contribution is -0.385. The number of anilines is 1. The monoisotopic (exact) mass is 304 g/mol. The fourth-order valence-corrected chi connectivity index (χ4v) is 2.95. The summed E-state index contributed by atoms with van der Waals surface area (Å²) in [6.07, 6.45) is 6.80. The van der Waals surface area contributed by atoms with Crippen molar-refractivity contribution in [2.24, 2.45) is 0 Å². The van der Waals surface area contributed by atoms with E-state index in [0.29, 0.717) is 10.8 Å². The molecule has 21 heavy (non-hydrogen) atoms. The van der Waals surface area contributed by atoms with Gasteiger partial charge in [0.1, 0.15) is 12.0 Å². The third kappa shape index (κ3) is 2.67. The molecule has 0 unspecified atom stereocenters. The maximum atomic E-state index is 10.8. The molecule has 0 bridgehead atoms. The Kier molecular flexibility index (Phi) is 3.70. The van der Waals surface area contributed by atoms with E-state index in [2.05, 4.69) is 14.9 Å². The molecule has 0 aliphatic carbocycles. The lowest BCUT2D eigenvalue weighted by atomic mass is 10.1. The van der Waals surface area contributed by atoms with E-state index in [1.165, 1.54) is 12.3 Å². The van der Waals surface area contributed by atoms with Gasteiger partial charge in [-0.05, 0) is 30.5 Å². The normalized spacial score (nSPS) is 18.0. The molecule has 1 atom stereocenters. The van der Waals surface area contributed by atoms with E-state index < -0.39 is 4.92 Å². The predicted octanol–water partition coefficient (Wildman–Crippen LogP) is 3.38. The Hall–Kier alpha value is -2.21. The largest absolute Gasteiger partial charge is 0.348 e. The molecule has 1 aliphatic rings. The fraction of sp³-hybridized carbons (Fsp3) is 0.286. The highest BCUT2D eigenvalue weighted by Crippen LogP contribution is 2.38. The van der Waals surface area contributed by atoms with E-state index >= 15 is 0 Å². The Morgan fingerprint density at radius 3 is 2.81 bits per heavy atom. The molecule has 1 aliphatic heterocycles. The molecule has 2 aromatic rings. The van der Waals surface area contributed by atoms with Crippen LogP contribution in [0.4, 0.5) is 11.5 Å². The first kappa shape index (κ1) is 13.8. The van der Waals surface area contributed by atoms with Crippen molar-refractivity contribution in [1.29, 1.82) is 0 Å². The standard InChI is InChI=1S/C14H13ClN4O2/c15-12-8-11(19(20)21)9-17-14(12)18-7-1-2-13(18)10-3-5-16-6-4-10/h3-6,8-9,13H,1-2,7H2/t13-/m0/s1. The van der Waals surface area contributed by atoms with Crippen molar-refractivity contribution in [1.82, 2.24) is 9.97 Å². The summed E-state index contributed by atoms with van der Waals surface area (Å²) in [7, 11) is 0. The van der Waals surface area contributed by atoms with Crippen LogP contribution in [0, 0.1) is 10.1 Å². The van der Waals surface area contributed by atoms with Crippen molar-refractivity contribution in [3.63, 3.8) is 0 Å². The van der Waals surface area contributed by atoms with Gasteiger partial charge < -0.3 is 4.90 Å². The van der Waals surface area contributed by atoms with Crippen molar-refractivity contribution in [3.05, 3.63) is 57.5 Å². The molecule has 0 aromatic carbocycles. The minimum Gasteiger partial charge on any atom is -0.348 e. The quantitative estimate of drug-likeness (QED) is 0.642. The van der Waals surface area contributed by atoms with Crippen molar-refractivity contribution in [2.75, 3.05) is 11.4 Å². The van der Waals surface area contributed by atoms with Gasteiger partial charge in [-0.2, -0.15) is 0 Å². The van der Waals surface area contributed by atoms with Crippen molar-refractivity contribution >= 4 is 23.1 Å². The van der Waals surface area contributed by atoms with E-state index in [-0.39, 0.29) is 11.7 Å². The van der Waals surface area contributed by atoms with Crippen LogP contribution in [-0.2, 0) is 0 Å². The van der Waals surface area contributed by atoms with Crippen LogP contribution in [0.1, 0.15) is 24.4 Å². The maximum Gasteiger partial charge on any atom is 0.289 e. The number of halogens is 1. The Labute approximate surface area is 126 Å². The topological polar surface area (TPSA) is 72.2 Å². The number of pyridine rings is 2. The van der Waals surface area contributed by atoms with Crippen LogP contribution in [-0.4, -0.2) is 21.4 Å². The first-order chi connectivity index (χ1) is 10.2. The van der Waals surface area contributed by atoms with Gasteiger partial charge in [0.15, 0.2) is 0 Å². The van der Waals surface area contributed by atoms with Gasteiger partial charge in [-0.3, -0.25) is 15.1 Å². The summed E-state index contributed by atoms with van der Waals surface area (Å²) < 4.78 is 0. The molecule has 3 heterocycles.